The van der Waals surface area contributed by atoms with Gasteiger partial charge in [-0.15, -0.1) is 11.5 Å². The van der Waals surface area contributed by atoms with Crippen LogP contribution >= 0.6 is 0 Å². The van der Waals surface area contributed by atoms with Crippen molar-refractivity contribution >= 4 is 11.6 Å². The quantitative estimate of drug-likeness (QED) is 0.350. The molecule has 0 aliphatic carbocycles. The first kappa shape index (κ1) is 28.0. The number of rotatable bonds is 6. The first-order chi connectivity index (χ1) is 19.6. The lowest BCUT2D eigenvalue weighted by molar-refractivity contribution is 0.0183. The molecule has 1 amide bonds. The van der Waals surface area contributed by atoms with Crippen LogP contribution in [0.4, 0.5) is 9.18 Å². The Bertz CT molecular complexity index is 1590. The molecule has 1 saturated heterocycles. The number of aliphatic hydroxyl groups excluding tert-OH is 1. The van der Waals surface area contributed by atoms with Gasteiger partial charge in [-0.1, -0.05) is 11.1 Å². The van der Waals surface area contributed by atoms with Crippen molar-refractivity contribution in [1.82, 2.24) is 34.5 Å². The van der Waals surface area contributed by atoms with Gasteiger partial charge in [-0.05, 0) is 58.7 Å². The summed E-state index contributed by atoms with van der Waals surface area (Å²) in [5.41, 5.74) is 3.01. The molecule has 214 valence electrons. The Balaban J connectivity index is 1.42. The number of aliphatic hydroxyl groups is 1. The van der Waals surface area contributed by atoms with Crippen molar-refractivity contribution in [2.75, 3.05) is 19.7 Å². The molecule has 5 rings (SSSR count). The third-order valence-electron chi connectivity index (χ3n) is 6.91. The van der Waals surface area contributed by atoms with Crippen molar-refractivity contribution in [3.05, 3.63) is 59.6 Å². The van der Waals surface area contributed by atoms with Gasteiger partial charge in [0.2, 0.25) is 0 Å². The summed E-state index contributed by atoms with van der Waals surface area (Å²) in [6, 6.07) is 4.55. The van der Waals surface area contributed by atoms with Crippen LogP contribution < -0.4 is 4.74 Å². The van der Waals surface area contributed by atoms with Crippen molar-refractivity contribution in [3.8, 4) is 29.4 Å². The lowest BCUT2D eigenvalue weighted by atomic mass is 10.0. The number of aromatic nitrogens is 6. The molecule has 1 aliphatic rings. The highest BCUT2D eigenvalue weighted by atomic mass is 19.1. The summed E-state index contributed by atoms with van der Waals surface area (Å²) in [5, 5.41) is 23.4. The van der Waals surface area contributed by atoms with Gasteiger partial charge in [0.15, 0.2) is 6.10 Å². The smallest absolute Gasteiger partial charge is 0.410 e. The molecule has 1 fully saturated rings. The minimum absolute atomic E-state index is 0.0652. The highest BCUT2D eigenvalue weighted by Gasteiger charge is 2.29. The maximum atomic E-state index is 13.4. The molecule has 5 heterocycles. The molecule has 4 aromatic rings. The molecule has 0 unspecified atom stereocenters. The van der Waals surface area contributed by atoms with Gasteiger partial charge in [-0.2, -0.15) is 5.10 Å². The summed E-state index contributed by atoms with van der Waals surface area (Å²) >= 11 is 0. The Morgan fingerprint density at radius 2 is 2.02 bits per heavy atom. The lowest BCUT2D eigenvalue weighted by Gasteiger charge is -2.33. The van der Waals surface area contributed by atoms with Crippen LogP contribution in [0.25, 0.3) is 16.8 Å². The molecule has 41 heavy (non-hydrogen) atoms. The van der Waals surface area contributed by atoms with Crippen LogP contribution in [0.5, 0.6) is 5.75 Å². The Labute approximate surface area is 236 Å². The van der Waals surface area contributed by atoms with E-state index < -0.39 is 24.1 Å². The number of likely N-dealkylation sites (tertiary alicyclic amines) is 1. The van der Waals surface area contributed by atoms with Gasteiger partial charge in [0.1, 0.15) is 28.4 Å². The van der Waals surface area contributed by atoms with Crippen molar-refractivity contribution < 1.29 is 23.8 Å². The molecule has 0 spiro atoms. The summed E-state index contributed by atoms with van der Waals surface area (Å²) < 4.78 is 28.6. The van der Waals surface area contributed by atoms with E-state index in [0.29, 0.717) is 59.7 Å². The van der Waals surface area contributed by atoms with Crippen LogP contribution in [0.15, 0.2) is 36.8 Å². The molecule has 1 aliphatic heterocycles. The zero-order valence-corrected chi connectivity index (χ0v) is 23.4. The number of piperidine rings is 1. The fourth-order valence-electron chi connectivity index (χ4n) is 4.91. The van der Waals surface area contributed by atoms with Crippen LogP contribution in [0.3, 0.4) is 0 Å². The highest BCUT2D eigenvalue weighted by molar-refractivity contribution is 5.75. The molecule has 4 aromatic heterocycles. The predicted octanol–water partition coefficient (Wildman–Crippen LogP) is 4.10. The van der Waals surface area contributed by atoms with E-state index in [1.807, 2.05) is 32.4 Å². The number of pyridine rings is 2. The normalized spacial score (nSPS) is 15.1. The number of halogens is 1. The average molecular weight is 562 g/mol. The van der Waals surface area contributed by atoms with Gasteiger partial charge in [-0.3, -0.25) is 4.98 Å². The SMILES string of the molecule is C#Cc1cnn2cc(-c3nnn(C4CCN(C(=O)OC(C)(C)C)CC4)c3C)cc(O[C@H](CO)c3ccc(F)cn3)c12. The number of carbonyl (C=O) groups is 1. The number of hydrogen-bond acceptors (Lipinski definition) is 8. The van der Waals surface area contributed by atoms with Crippen molar-refractivity contribution in [1.29, 1.82) is 0 Å². The summed E-state index contributed by atoms with van der Waals surface area (Å²) in [7, 11) is 0. The Hall–Kier alpha value is -4.50. The fourth-order valence-corrected chi connectivity index (χ4v) is 4.91. The second kappa shape index (κ2) is 11.2. The third kappa shape index (κ3) is 5.85. The Morgan fingerprint density at radius 1 is 1.27 bits per heavy atom. The van der Waals surface area contributed by atoms with Crippen LogP contribution in [0.2, 0.25) is 0 Å². The number of amides is 1. The number of ether oxygens (including phenoxy) is 2. The topological polar surface area (TPSA) is 120 Å². The van der Waals surface area contributed by atoms with Gasteiger partial charge in [0.25, 0.3) is 0 Å². The zero-order valence-electron chi connectivity index (χ0n) is 23.4. The van der Waals surface area contributed by atoms with E-state index in [1.54, 1.807) is 27.9 Å². The van der Waals surface area contributed by atoms with Crippen molar-refractivity contribution in [2.45, 2.75) is 58.3 Å². The molecule has 1 atom stereocenters. The first-order valence-corrected chi connectivity index (χ1v) is 13.3. The Morgan fingerprint density at radius 3 is 2.66 bits per heavy atom. The minimum atomic E-state index is -0.873. The second-order valence-electron chi connectivity index (χ2n) is 10.9. The number of fused-ring (bicyclic) bond motifs is 1. The summed E-state index contributed by atoms with van der Waals surface area (Å²) in [6.45, 7) is 8.21. The summed E-state index contributed by atoms with van der Waals surface area (Å²) in [5.74, 6) is 2.48. The van der Waals surface area contributed by atoms with Gasteiger partial charge < -0.3 is 19.5 Å². The molecule has 1 N–H and O–H groups in total. The molecule has 0 bridgehead atoms. The monoisotopic (exact) mass is 561 g/mol. The van der Waals surface area contributed by atoms with Crippen LogP contribution in [0, 0.1) is 25.1 Å². The van der Waals surface area contributed by atoms with E-state index in [-0.39, 0.29) is 12.1 Å². The van der Waals surface area contributed by atoms with Crippen LogP contribution in [-0.2, 0) is 4.74 Å². The molecule has 12 heteroatoms. The number of hydrogen-bond donors (Lipinski definition) is 1. The van der Waals surface area contributed by atoms with E-state index in [4.69, 9.17) is 15.9 Å². The van der Waals surface area contributed by atoms with Gasteiger partial charge >= 0.3 is 6.09 Å². The van der Waals surface area contributed by atoms with Crippen molar-refractivity contribution in [3.63, 3.8) is 0 Å². The number of nitrogens with zero attached hydrogens (tertiary/aromatic N) is 7. The second-order valence-corrected chi connectivity index (χ2v) is 10.9. The average Bonchev–Trinajstić information content (AvgIpc) is 3.54. The van der Waals surface area contributed by atoms with Gasteiger partial charge in [0.05, 0.1) is 42.0 Å². The van der Waals surface area contributed by atoms with Gasteiger partial charge in [-0.25, -0.2) is 18.4 Å². The molecule has 11 nitrogen and oxygen atoms in total. The lowest BCUT2D eigenvalue weighted by Crippen LogP contribution is -2.42. The highest BCUT2D eigenvalue weighted by Crippen LogP contribution is 2.34. The van der Waals surface area contributed by atoms with E-state index in [1.165, 1.54) is 12.1 Å². The molecule has 0 aromatic carbocycles. The van der Waals surface area contributed by atoms with Crippen molar-refractivity contribution in [2.24, 2.45) is 0 Å². The van der Waals surface area contributed by atoms with E-state index in [9.17, 15) is 14.3 Å². The maximum Gasteiger partial charge on any atom is 0.410 e. The minimum Gasteiger partial charge on any atom is -0.479 e. The van der Waals surface area contributed by atoms with Gasteiger partial charge in [0, 0.05) is 24.8 Å². The number of carbonyl (C=O) groups excluding carboxylic acids is 1. The van der Waals surface area contributed by atoms with E-state index >= 15 is 0 Å². The first-order valence-electron chi connectivity index (χ1n) is 13.3. The largest absolute Gasteiger partial charge is 0.479 e. The fraction of sp³-hybridized carbons (Fsp3) is 0.414. The summed E-state index contributed by atoms with van der Waals surface area (Å²) in [4.78, 5) is 18.3. The Kier molecular flexibility index (Phi) is 7.64. The zero-order chi connectivity index (χ0) is 29.3. The molecular formula is C29H32FN7O4. The maximum absolute atomic E-state index is 13.4. The van der Waals surface area contributed by atoms with E-state index in [0.717, 1.165) is 11.9 Å². The third-order valence-corrected chi connectivity index (χ3v) is 6.91. The van der Waals surface area contributed by atoms with Crippen LogP contribution in [-0.4, -0.2) is 71.0 Å². The van der Waals surface area contributed by atoms with E-state index in [2.05, 4.69) is 26.3 Å². The predicted molar refractivity (Wildman–Crippen MR) is 148 cm³/mol. The standard InChI is InChI=1S/C29H32FN7O4/c1-6-19-14-32-36-16-20(13-24(27(19)36)40-25(17-38)23-8-7-21(30)15-31-23)26-18(2)37(34-33-26)22-9-11-35(12-10-22)28(39)41-29(3,4)5/h1,7-8,13-16,22,25,38H,9-12,17H2,2-5H3/t25-/m1/s1. The molecule has 0 saturated carbocycles. The van der Waals surface area contributed by atoms with Crippen LogP contribution in [0.1, 0.15) is 62.7 Å². The molecule has 0 radical (unpaired) electrons. The summed E-state index contributed by atoms with van der Waals surface area (Å²) in [6.07, 6.45) is 10.4. The molecular weight excluding hydrogens is 529 g/mol. The number of terminal acetylenes is 1.